The van der Waals surface area contributed by atoms with Crippen LogP contribution in [0.1, 0.15) is 35.7 Å². The van der Waals surface area contributed by atoms with Gasteiger partial charge in [-0.25, -0.2) is 4.98 Å². The molecule has 0 aliphatic carbocycles. The molecule has 3 aromatic rings. The second-order valence-electron chi connectivity index (χ2n) is 5.70. The van der Waals surface area contributed by atoms with Gasteiger partial charge in [0.15, 0.2) is 5.13 Å². The molecule has 1 aromatic heterocycles. The number of fused-ring (bicyclic) bond motifs is 1. The van der Waals surface area contributed by atoms with Crippen molar-refractivity contribution in [1.82, 2.24) is 4.98 Å². The highest BCUT2D eigenvalue weighted by Crippen LogP contribution is 2.34. The molecular weight excluding hydrogens is 344 g/mol. The SMILES string of the molecule is COc1cc2sc(NC(=O)c3ccc(C(C)C)cc3)nc2cc1Cl. The number of ether oxygens (including phenoxy) is 1. The Balaban J connectivity index is 1.82. The van der Waals surface area contributed by atoms with Crippen molar-refractivity contribution in [3.63, 3.8) is 0 Å². The van der Waals surface area contributed by atoms with Crippen molar-refractivity contribution >= 4 is 44.2 Å². The summed E-state index contributed by atoms with van der Waals surface area (Å²) >= 11 is 7.49. The van der Waals surface area contributed by atoms with E-state index in [9.17, 15) is 4.79 Å². The monoisotopic (exact) mass is 360 g/mol. The highest BCUT2D eigenvalue weighted by atomic mass is 35.5. The Morgan fingerprint density at radius 1 is 1.25 bits per heavy atom. The van der Waals surface area contributed by atoms with Crippen LogP contribution < -0.4 is 10.1 Å². The predicted octanol–water partition coefficient (Wildman–Crippen LogP) is 5.33. The van der Waals surface area contributed by atoms with Crippen molar-refractivity contribution < 1.29 is 9.53 Å². The lowest BCUT2D eigenvalue weighted by Crippen LogP contribution is -2.11. The maximum atomic E-state index is 12.4. The Hall–Kier alpha value is -2.11. The van der Waals surface area contributed by atoms with Gasteiger partial charge in [-0.2, -0.15) is 0 Å². The number of nitrogens with zero attached hydrogens (tertiary/aromatic N) is 1. The molecule has 0 aliphatic rings. The summed E-state index contributed by atoms with van der Waals surface area (Å²) in [6.07, 6.45) is 0. The molecule has 2 aromatic carbocycles. The van der Waals surface area contributed by atoms with Gasteiger partial charge in [0.1, 0.15) is 5.75 Å². The van der Waals surface area contributed by atoms with E-state index in [0.717, 1.165) is 10.2 Å². The molecule has 0 spiro atoms. The topological polar surface area (TPSA) is 51.2 Å². The Morgan fingerprint density at radius 3 is 2.58 bits per heavy atom. The van der Waals surface area contributed by atoms with Gasteiger partial charge in [-0.15, -0.1) is 0 Å². The molecule has 0 radical (unpaired) electrons. The Morgan fingerprint density at radius 2 is 1.96 bits per heavy atom. The molecule has 1 N–H and O–H groups in total. The number of hydrogen-bond donors (Lipinski definition) is 1. The number of carbonyl (C=O) groups is 1. The maximum absolute atomic E-state index is 12.4. The van der Waals surface area contributed by atoms with E-state index in [1.54, 1.807) is 13.2 Å². The molecule has 0 saturated heterocycles. The quantitative estimate of drug-likeness (QED) is 0.683. The van der Waals surface area contributed by atoms with E-state index in [0.29, 0.717) is 27.4 Å². The zero-order chi connectivity index (χ0) is 17.3. The first kappa shape index (κ1) is 16.7. The van der Waals surface area contributed by atoms with E-state index in [4.69, 9.17) is 16.3 Å². The van der Waals surface area contributed by atoms with Crippen molar-refractivity contribution in [3.8, 4) is 5.75 Å². The summed E-state index contributed by atoms with van der Waals surface area (Å²) in [4.78, 5) is 16.8. The third-order valence-corrected chi connectivity index (χ3v) is 4.95. The first-order valence-electron chi connectivity index (χ1n) is 7.53. The van der Waals surface area contributed by atoms with E-state index >= 15 is 0 Å². The van der Waals surface area contributed by atoms with Gasteiger partial charge in [0.05, 0.1) is 22.3 Å². The summed E-state index contributed by atoms with van der Waals surface area (Å²) < 4.78 is 6.11. The lowest BCUT2D eigenvalue weighted by atomic mass is 10.0. The minimum atomic E-state index is -0.178. The molecule has 4 nitrogen and oxygen atoms in total. The summed E-state index contributed by atoms with van der Waals surface area (Å²) in [5.41, 5.74) is 2.54. The zero-order valence-corrected chi connectivity index (χ0v) is 15.2. The maximum Gasteiger partial charge on any atom is 0.257 e. The minimum absolute atomic E-state index is 0.178. The van der Waals surface area contributed by atoms with Gasteiger partial charge < -0.3 is 4.74 Å². The van der Waals surface area contributed by atoms with Crippen LogP contribution >= 0.6 is 22.9 Å². The molecule has 6 heteroatoms. The molecule has 1 heterocycles. The third kappa shape index (κ3) is 3.37. The fourth-order valence-electron chi connectivity index (χ4n) is 2.33. The highest BCUT2D eigenvalue weighted by Gasteiger charge is 2.12. The number of nitrogens with one attached hydrogen (secondary N) is 1. The average Bonchev–Trinajstić information content (AvgIpc) is 2.94. The lowest BCUT2D eigenvalue weighted by molar-refractivity contribution is 0.102. The van der Waals surface area contributed by atoms with E-state index in [-0.39, 0.29) is 5.91 Å². The van der Waals surface area contributed by atoms with Gasteiger partial charge in [-0.05, 0) is 29.7 Å². The molecule has 1 amide bonds. The predicted molar refractivity (Wildman–Crippen MR) is 99.7 cm³/mol. The van der Waals surface area contributed by atoms with Crippen LogP contribution in [0.25, 0.3) is 10.2 Å². The van der Waals surface area contributed by atoms with Gasteiger partial charge >= 0.3 is 0 Å². The Kier molecular flexibility index (Phi) is 4.73. The van der Waals surface area contributed by atoms with Gasteiger partial charge in [0.25, 0.3) is 5.91 Å². The Labute approximate surface area is 149 Å². The highest BCUT2D eigenvalue weighted by molar-refractivity contribution is 7.22. The lowest BCUT2D eigenvalue weighted by Gasteiger charge is -2.06. The fraction of sp³-hybridized carbons (Fsp3) is 0.222. The summed E-state index contributed by atoms with van der Waals surface area (Å²) in [6.45, 7) is 4.24. The molecule has 0 aliphatic heterocycles. The molecule has 24 heavy (non-hydrogen) atoms. The third-order valence-electron chi connectivity index (χ3n) is 3.72. The number of rotatable bonds is 4. The molecular formula is C18H17ClN2O2S. The van der Waals surface area contributed by atoms with E-state index in [2.05, 4.69) is 24.1 Å². The Bertz CT molecular complexity index is 888. The van der Waals surface area contributed by atoms with Gasteiger partial charge in [0, 0.05) is 11.6 Å². The van der Waals surface area contributed by atoms with Crippen LogP contribution in [0.3, 0.4) is 0 Å². The average molecular weight is 361 g/mol. The first-order valence-corrected chi connectivity index (χ1v) is 8.72. The van der Waals surface area contributed by atoms with Crippen LogP contribution in [-0.2, 0) is 0 Å². The van der Waals surface area contributed by atoms with Crippen molar-refractivity contribution in [2.75, 3.05) is 12.4 Å². The van der Waals surface area contributed by atoms with Gasteiger partial charge in [-0.1, -0.05) is 48.9 Å². The summed E-state index contributed by atoms with van der Waals surface area (Å²) in [6, 6.07) is 11.2. The molecule has 3 rings (SSSR count). The summed E-state index contributed by atoms with van der Waals surface area (Å²) in [7, 11) is 1.57. The largest absolute Gasteiger partial charge is 0.495 e. The smallest absolute Gasteiger partial charge is 0.257 e. The molecule has 0 saturated carbocycles. The van der Waals surface area contributed by atoms with E-state index in [1.807, 2.05) is 30.3 Å². The number of thiazole rings is 1. The van der Waals surface area contributed by atoms with Crippen molar-refractivity contribution in [2.45, 2.75) is 19.8 Å². The van der Waals surface area contributed by atoms with Crippen molar-refractivity contribution in [2.24, 2.45) is 0 Å². The molecule has 0 fully saturated rings. The second-order valence-corrected chi connectivity index (χ2v) is 7.14. The summed E-state index contributed by atoms with van der Waals surface area (Å²) in [5.74, 6) is 0.850. The number of methoxy groups -OCH3 is 1. The van der Waals surface area contributed by atoms with Crippen LogP contribution in [0.2, 0.25) is 5.02 Å². The number of halogens is 1. The standard InChI is InChI=1S/C18H17ClN2O2S/c1-10(2)11-4-6-12(7-5-11)17(22)21-18-20-14-8-13(19)15(23-3)9-16(14)24-18/h4-10H,1-3H3,(H,20,21,22). The van der Waals surface area contributed by atoms with Gasteiger partial charge in [-0.3, -0.25) is 10.1 Å². The van der Waals surface area contributed by atoms with Gasteiger partial charge in [0.2, 0.25) is 0 Å². The molecule has 124 valence electrons. The number of carbonyl (C=O) groups excluding carboxylic acids is 1. The van der Waals surface area contributed by atoms with Crippen LogP contribution in [0.15, 0.2) is 36.4 Å². The zero-order valence-electron chi connectivity index (χ0n) is 13.6. The van der Waals surface area contributed by atoms with Crippen LogP contribution in [0, 0.1) is 0 Å². The van der Waals surface area contributed by atoms with Crippen LogP contribution in [0.5, 0.6) is 5.75 Å². The summed E-state index contributed by atoms with van der Waals surface area (Å²) in [5, 5.41) is 3.87. The van der Waals surface area contributed by atoms with Crippen molar-refractivity contribution in [3.05, 3.63) is 52.5 Å². The fourth-order valence-corrected chi connectivity index (χ4v) is 3.43. The van der Waals surface area contributed by atoms with Crippen molar-refractivity contribution in [1.29, 1.82) is 0 Å². The number of amides is 1. The molecule has 0 bridgehead atoms. The molecule has 0 unspecified atom stereocenters. The van der Waals surface area contributed by atoms with Crippen LogP contribution in [0.4, 0.5) is 5.13 Å². The number of benzene rings is 2. The van der Waals surface area contributed by atoms with E-state index < -0.39 is 0 Å². The van der Waals surface area contributed by atoms with Crippen LogP contribution in [-0.4, -0.2) is 18.0 Å². The number of hydrogen-bond acceptors (Lipinski definition) is 4. The van der Waals surface area contributed by atoms with E-state index in [1.165, 1.54) is 16.9 Å². The molecule has 0 atom stereocenters. The normalized spacial score (nSPS) is 11.0. The first-order chi connectivity index (χ1) is 11.5. The second kappa shape index (κ2) is 6.79. The number of anilines is 1. The minimum Gasteiger partial charge on any atom is -0.495 e. The number of aromatic nitrogens is 1.